The molecule has 0 radical (unpaired) electrons. The fourth-order valence-corrected chi connectivity index (χ4v) is 5.02. The van der Waals surface area contributed by atoms with Crippen LogP contribution in [0.1, 0.15) is 0 Å². The van der Waals surface area contributed by atoms with E-state index in [0.29, 0.717) is 43.0 Å². The highest BCUT2D eigenvalue weighted by Crippen LogP contribution is 2.21. The maximum Gasteiger partial charge on any atom is 0.243 e. The van der Waals surface area contributed by atoms with E-state index in [2.05, 4.69) is 20.5 Å². The third kappa shape index (κ3) is 5.31. The smallest absolute Gasteiger partial charge is 0.243 e. The number of carbonyl (C=O) groups excluding carboxylic acids is 1. The van der Waals surface area contributed by atoms with Crippen molar-refractivity contribution in [3.05, 3.63) is 54.6 Å². The lowest BCUT2D eigenvalue weighted by Crippen LogP contribution is -2.40. The highest BCUT2D eigenvalue weighted by Gasteiger charge is 2.26. The summed E-state index contributed by atoms with van der Waals surface area (Å²) < 4.78 is 31.9. The van der Waals surface area contributed by atoms with Gasteiger partial charge in [-0.25, -0.2) is 13.4 Å². The van der Waals surface area contributed by atoms with Crippen LogP contribution in [-0.2, 0) is 19.6 Å². The van der Waals surface area contributed by atoms with Gasteiger partial charge >= 0.3 is 0 Å². The number of morpholine rings is 1. The molecule has 2 aromatic carbocycles. The molecule has 162 valence electrons. The molecule has 1 saturated heterocycles. The van der Waals surface area contributed by atoms with Gasteiger partial charge in [-0.05, 0) is 24.3 Å². The van der Waals surface area contributed by atoms with Crippen LogP contribution in [0.4, 0.5) is 5.69 Å². The molecule has 1 aliphatic heterocycles. The number of rotatable bonds is 7. The second-order valence-corrected chi connectivity index (χ2v) is 9.59. The molecule has 1 aliphatic rings. The van der Waals surface area contributed by atoms with Gasteiger partial charge in [0.05, 0.1) is 23.9 Å². The first-order valence-electron chi connectivity index (χ1n) is 9.61. The third-order valence-electron chi connectivity index (χ3n) is 4.59. The number of hydrogen-bond acceptors (Lipinski definition) is 7. The van der Waals surface area contributed by atoms with Gasteiger partial charge in [-0.2, -0.15) is 4.31 Å². The second-order valence-electron chi connectivity index (χ2n) is 6.71. The molecular weight excluding hydrogens is 438 g/mol. The summed E-state index contributed by atoms with van der Waals surface area (Å²) in [6.07, 6.45) is 0. The molecule has 9 nitrogen and oxygen atoms in total. The third-order valence-corrected chi connectivity index (χ3v) is 7.35. The molecule has 0 bridgehead atoms. The number of carbonyl (C=O) groups is 1. The number of aromatic nitrogens is 3. The Bertz CT molecular complexity index is 1130. The van der Waals surface area contributed by atoms with Gasteiger partial charge in [0.15, 0.2) is 5.82 Å². The monoisotopic (exact) mass is 459 g/mol. The minimum Gasteiger partial charge on any atom is -0.379 e. The molecule has 2 N–H and O–H groups in total. The zero-order valence-electron chi connectivity index (χ0n) is 16.5. The summed E-state index contributed by atoms with van der Waals surface area (Å²) in [7, 11) is -3.56. The maximum atomic E-state index is 12.6. The Morgan fingerprint density at radius 2 is 1.81 bits per heavy atom. The van der Waals surface area contributed by atoms with Crippen LogP contribution in [0.5, 0.6) is 0 Å². The Hall–Kier alpha value is -2.73. The van der Waals surface area contributed by atoms with E-state index in [1.54, 1.807) is 12.1 Å². The molecule has 31 heavy (non-hydrogen) atoms. The highest BCUT2D eigenvalue weighted by molar-refractivity contribution is 7.99. The average Bonchev–Trinajstić information content (AvgIpc) is 3.28. The van der Waals surface area contributed by atoms with E-state index in [1.807, 2.05) is 30.3 Å². The van der Waals surface area contributed by atoms with E-state index in [0.717, 1.165) is 5.56 Å². The first-order chi connectivity index (χ1) is 15.0. The van der Waals surface area contributed by atoms with E-state index >= 15 is 0 Å². The van der Waals surface area contributed by atoms with Crippen molar-refractivity contribution in [2.24, 2.45) is 0 Å². The lowest BCUT2D eigenvalue weighted by Gasteiger charge is -2.26. The molecule has 2 heterocycles. The van der Waals surface area contributed by atoms with Crippen molar-refractivity contribution in [2.75, 3.05) is 37.4 Å². The molecule has 11 heteroatoms. The van der Waals surface area contributed by atoms with Crippen molar-refractivity contribution < 1.29 is 17.9 Å². The van der Waals surface area contributed by atoms with Gasteiger partial charge < -0.3 is 10.1 Å². The predicted octanol–water partition coefficient (Wildman–Crippen LogP) is 2.22. The van der Waals surface area contributed by atoms with Crippen LogP contribution in [0, 0.1) is 0 Å². The van der Waals surface area contributed by atoms with Crippen molar-refractivity contribution in [3.8, 4) is 11.4 Å². The molecule has 0 spiro atoms. The van der Waals surface area contributed by atoms with Gasteiger partial charge in [0, 0.05) is 24.3 Å². The number of H-pyrrole nitrogens is 1. The quantitative estimate of drug-likeness (QED) is 0.520. The van der Waals surface area contributed by atoms with Crippen molar-refractivity contribution in [3.63, 3.8) is 0 Å². The van der Waals surface area contributed by atoms with Crippen molar-refractivity contribution in [1.82, 2.24) is 19.5 Å². The number of ether oxygens (including phenoxy) is 1. The molecule has 1 fully saturated rings. The number of nitrogens with zero attached hydrogens (tertiary/aromatic N) is 3. The van der Waals surface area contributed by atoms with Gasteiger partial charge in [0.2, 0.25) is 21.1 Å². The highest BCUT2D eigenvalue weighted by atomic mass is 32.2. The number of thioether (sulfide) groups is 1. The number of sulfonamides is 1. The number of hydrogen-bond donors (Lipinski definition) is 2. The zero-order valence-corrected chi connectivity index (χ0v) is 18.2. The summed E-state index contributed by atoms with van der Waals surface area (Å²) in [6.45, 7) is 1.46. The normalized spacial score (nSPS) is 15.0. The van der Waals surface area contributed by atoms with Gasteiger partial charge in [-0.15, -0.1) is 5.10 Å². The van der Waals surface area contributed by atoms with E-state index < -0.39 is 10.0 Å². The average molecular weight is 460 g/mol. The Labute approximate surface area is 184 Å². The molecule has 3 aromatic rings. The van der Waals surface area contributed by atoms with Crippen molar-refractivity contribution in [2.45, 2.75) is 10.1 Å². The van der Waals surface area contributed by atoms with Gasteiger partial charge in [-0.1, -0.05) is 42.1 Å². The second kappa shape index (κ2) is 9.60. The molecule has 0 saturated carbocycles. The zero-order chi connectivity index (χ0) is 21.7. The van der Waals surface area contributed by atoms with E-state index in [9.17, 15) is 13.2 Å². The Balaban J connectivity index is 1.31. The van der Waals surface area contributed by atoms with Crippen LogP contribution in [-0.4, -0.2) is 65.9 Å². The summed E-state index contributed by atoms with van der Waals surface area (Å²) in [5.74, 6) is 0.528. The van der Waals surface area contributed by atoms with Gasteiger partial charge in [0.25, 0.3) is 0 Å². The number of amides is 1. The van der Waals surface area contributed by atoms with Gasteiger partial charge in [0.1, 0.15) is 0 Å². The van der Waals surface area contributed by atoms with Crippen LogP contribution in [0.15, 0.2) is 64.6 Å². The summed E-state index contributed by atoms with van der Waals surface area (Å²) in [4.78, 5) is 16.8. The number of aromatic amines is 1. The summed E-state index contributed by atoms with van der Waals surface area (Å²) in [5, 5.41) is 10.2. The first-order valence-corrected chi connectivity index (χ1v) is 12.0. The van der Waals surface area contributed by atoms with E-state index in [1.165, 1.54) is 28.2 Å². The Morgan fingerprint density at radius 3 is 2.52 bits per heavy atom. The number of anilines is 1. The van der Waals surface area contributed by atoms with Gasteiger partial charge in [-0.3, -0.25) is 9.89 Å². The predicted molar refractivity (Wildman–Crippen MR) is 117 cm³/mol. The largest absolute Gasteiger partial charge is 0.379 e. The molecule has 4 rings (SSSR count). The first kappa shape index (κ1) is 21.5. The molecular formula is C20H21N5O4S2. The van der Waals surface area contributed by atoms with Crippen LogP contribution in [0.2, 0.25) is 0 Å². The van der Waals surface area contributed by atoms with Crippen LogP contribution in [0.3, 0.4) is 0 Å². The van der Waals surface area contributed by atoms with Crippen molar-refractivity contribution in [1.29, 1.82) is 0 Å². The van der Waals surface area contributed by atoms with E-state index in [4.69, 9.17) is 4.74 Å². The fourth-order valence-electron chi connectivity index (χ4n) is 3.01. The minimum absolute atomic E-state index is 0.125. The fraction of sp³-hybridized carbons (Fsp3) is 0.250. The summed E-state index contributed by atoms with van der Waals surface area (Å²) >= 11 is 1.21. The van der Waals surface area contributed by atoms with Crippen LogP contribution in [0.25, 0.3) is 11.4 Å². The van der Waals surface area contributed by atoms with E-state index in [-0.39, 0.29) is 16.6 Å². The SMILES string of the molecule is O=C(CSc1n[nH]c(-c2ccccc2)n1)Nc1ccc(S(=O)(=O)N2CCOCC2)cc1. The Kier molecular flexibility index (Phi) is 6.66. The standard InChI is InChI=1S/C20H21N5O4S2/c26-18(14-30-20-22-19(23-24-20)15-4-2-1-3-5-15)21-16-6-8-17(9-7-16)31(27,28)25-10-12-29-13-11-25/h1-9H,10-14H2,(H,21,26)(H,22,23,24). The van der Waals surface area contributed by atoms with Crippen LogP contribution >= 0.6 is 11.8 Å². The molecule has 0 unspecified atom stereocenters. The number of nitrogens with one attached hydrogen (secondary N) is 2. The lowest BCUT2D eigenvalue weighted by atomic mass is 10.2. The van der Waals surface area contributed by atoms with Crippen molar-refractivity contribution >= 4 is 33.4 Å². The van der Waals surface area contributed by atoms with Crippen LogP contribution < -0.4 is 5.32 Å². The molecule has 0 aliphatic carbocycles. The molecule has 0 atom stereocenters. The molecule has 1 amide bonds. The molecule has 1 aromatic heterocycles. The number of benzene rings is 2. The minimum atomic E-state index is -3.56. The Morgan fingerprint density at radius 1 is 1.10 bits per heavy atom. The topological polar surface area (TPSA) is 117 Å². The lowest BCUT2D eigenvalue weighted by molar-refractivity contribution is -0.113. The summed E-state index contributed by atoms with van der Waals surface area (Å²) in [6, 6.07) is 15.7. The summed E-state index contributed by atoms with van der Waals surface area (Å²) in [5.41, 5.74) is 1.44. The maximum absolute atomic E-state index is 12.6.